The number of nitrogens with one attached hydrogen (secondary N) is 2. The fraction of sp³-hybridized carbons (Fsp3) is 0.474. The van der Waals surface area contributed by atoms with Gasteiger partial charge < -0.3 is 31.7 Å². The topological polar surface area (TPSA) is 179 Å². The van der Waals surface area contributed by atoms with Crippen LogP contribution in [-0.2, 0) is 25.6 Å². The van der Waals surface area contributed by atoms with Gasteiger partial charge in [0.2, 0.25) is 11.8 Å². The van der Waals surface area contributed by atoms with Crippen LogP contribution in [0.3, 0.4) is 0 Å². The van der Waals surface area contributed by atoms with Crippen molar-refractivity contribution in [2.45, 2.75) is 51.2 Å². The van der Waals surface area contributed by atoms with Crippen LogP contribution in [0, 0.1) is 5.92 Å². The van der Waals surface area contributed by atoms with Gasteiger partial charge in [0.05, 0.1) is 6.04 Å². The highest BCUT2D eigenvalue weighted by Gasteiger charge is 2.29. The summed E-state index contributed by atoms with van der Waals surface area (Å²) in [5.74, 6) is -4.10. The summed E-state index contributed by atoms with van der Waals surface area (Å²) in [7, 11) is 0. The molecule has 0 spiro atoms. The van der Waals surface area contributed by atoms with Crippen LogP contribution in [0.1, 0.15) is 32.3 Å². The number of phenolic OH excluding ortho intramolecular Hbond substituents is 1. The van der Waals surface area contributed by atoms with E-state index in [2.05, 4.69) is 10.6 Å². The second-order valence-electron chi connectivity index (χ2n) is 7.03. The summed E-state index contributed by atoms with van der Waals surface area (Å²) < 4.78 is 0. The van der Waals surface area contributed by atoms with E-state index in [1.54, 1.807) is 13.8 Å². The van der Waals surface area contributed by atoms with E-state index in [4.69, 9.17) is 10.8 Å². The van der Waals surface area contributed by atoms with Crippen LogP contribution in [0.2, 0.25) is 0 Å². The van der Waals surface area contributed by atoms with Crippen molar-refractivity contribution in [1.29, 1.82) is 0 Å². The number of carbonyl (C=O) groups excluding carboxylic acids is 2. The summed E-state index contributed by atoms with van der Waals surface area (Å²) >= 11 is 0. The summed E-state index contributed by atoms with van der Waals surface area (Å²) in [4.78, 5) is 47.2. The molecule has 1 aromatic rings. The highest BCUT2D eigenvalue weighted by molar-refractivity contribution is 5.92. The average Bonchev–Trinajstić information content (AvgIpc) is 2.64. The van der Waals surface area contributed by atoms with Crippen LogP contribution in [0.4, 0.5) is 0 Å². The normalized spacial score (nSPS) is 13.9. The maximum absolute atomic E-state index is 12.6. The lowest BCUT2D eigenvalue weighted by Gasteiger charge is -2.23. The number of phenols is 1. The second kappa shape index (κ2) is 11.0. The molecule has 0 bridgehead atoms. The molecule has 0 heterocycles. The number of rotatable bonds is 11. The second-order valence-corrected chi connectivity index (χ2v) is 7.03. The van der Waals surface area contributed by atoms with E-state index in [-0.39, 0.29) is 24.5 Å². The van der Waals surface area contributed by atoms with Gasteiger partial charge in [0.15, 0.2) is 0 Å². The summed E-state index contributed by atoms with van der Waals surface area (Å²) in [5.41, 5.74) is 6.31. The Bertz CT molecular complexity index is 734. The SMILES string of the molecule is CC(C)[C@H](N)C(=O)N[C@@H](CCC(=O)O)C(=O)N[C@@H](Cc1ccc(O)cc1)C(=O)O. The van der Waals surface area contributed by atoms with Crippen molar-refractivity contribution in [2.75, 3.05) is 0 Å². The number of nitrogens with two attached hydrogens (primary N) is 1. The van der Waals surface area contributed by atoms with Crippen molar-refractivity contribution >= 4 is 23.8 Å². The molecule has 0 saturated carbocycles. The van der Waals surface area contributed by atoms with Crippen molar-refractivity contribution in [3.05, 3.63) is 29.8 Å². The average molecular weight is 409 g/mol. The molecular weight excluding hydrogens is 382 g/mol. The Morgan fingerprint density at radius 1 is 0.966 bits per heavy atom. The number of carboxylic acid groups (broad SMARTS) is 2. The number of aliphatic carboxylic acids is 2. The van der Waals surface area contributed by atoms with Gasteiger partial charge in [-0.25, -0.2) is 4.79 Å². The van der Waals surface area contributed by atoms with Gasteiger partial charge in [-0.2, -0.15) is 0 Å². The van der Waals surface area contributed by atoms with Crippen LogP contribution in [-0.4, -0.2) is 57.2 Å². The molecule has 0 radical (unpaired) electrons. The lowest BCUT2D eigenvalue weighted by Crippen LogP contribution is -2.55. The summed E-state index contributed by atoms with van der Waals surface area (Å²) in [6.45, 7) is 3.43. The maximum atomic E-state index is 12.6. The van der Waals surface area contributed by atoms with E-state index in [1.807, 2.05) is 0 Å². The Kier molecular flexibility index (Phi) is 9.07. The standard InChI is InChI=1S/C19H27N3O7/c1-10(2)16(20)18(27)21-13(7-8-15(24)25)17(26)22-14(19(28)29)9-11-3-5-12(23)6-4-11/h3-6,10,13-14,16,23H,7-9,20H2,1-2H3,(H,21,27)(H,22,26)(H,24,25)(H,28,29)/t13-,14-,16-/m0/s1. The van der Waals surface area contributed by atoms with E-state index in [1.165, 1.54) is 24.3 Å². The lowest BCUT2D eigenvalue weighted by atomic mass is 10.0. The molecule has 0 aliphatic heterocycles. The zero-order valence-corrected chi connectivity index (χ0v) is 16.3. The van der Waals surface area contributed by atoms with E-state index >= 15 is 0 Å². The molecule has 10 heteroatoms. The van der Waals surface area contributed by atoms with Crippen LogP contribution < -0.4 is 16.4 Å². The highest BCUT2D eigenvalue weighted by atomic mass is 16.4. The van der Waals surface area contributed by atoms with Gasteiger partial charge in [0.1, 0.15) is 17.8 Å². The molecule has 0 aromatic heterocycles. The number of aromatic hydroxyl groups is 1. The van der Waals surface area contributed by atoms with Crippen molar-refractivity contribution < 1.29 is 34.5 Å². The van der Waals surface area contributed by atoms with Gasteiger partial charge in [-0.05, 0) is 30.0 Å². The third-order valence-electron chi connectivity index (χ3n) is 4.29. The van der Waals surface area contributed by atoms with Gasteiger partial charge >= 0.3 is 11.9 Å². The van der Waals surface area contributed by atoms with Crippen molar-refractivity contribution in [2.24, 2.45) is 11.7 Å². The molecule has 2 amide bonds. The van der Waals surface area contributed by atoms with Gasteiger partial charge in [-0.1, -0.05) is 26.0 Å². The number of hydrogen-bond acceptors (Lipinski definition) is 6. The molecule has 1 rings (SSSR count). The largest absolute Gasteiger partial charge is 0.508 e. The van der Waals surface area contributed by atoms with Crippen LogP contribution in [0.15, 0.2) is 24.3 Å². The van der Waals surface area contributed by atoms with Crippen LogP contribution in [0.5, 0.6) is 5.75 Å². The number of carboxylic acids is 2. The minimum atomic E-state index is -1.31. The van der Waals surface area contributed by atoms with Gasteiger partial charge in [0.25, 0.3) is 0 Å². The van der Waals surface area contributed by atoms with E-state index in [9.17, 15) is 29.4 Å². The molecule has 10 nitrogen and oxygen atoms in total. The first-order valence-electron chi connectivity index (χ1n) is 9.10. The van der Waals surface area contributed by atoms with Crippen molar-refractivity contribution in [3.63, 3.8) is 0 Å². The van der Waals surface area contributed by atoms with Crippen molar-refractivity contribution in [3.8, 4) is 5.75 Å². The smallest absolute Gasteiger partial charge is 0.326 e. The predicted octanol–water partition coefficient (Wildman–Crippen LogP) is -0.163. The quantitative estimate of drug-likeness (QED) is 0.292. The fourth-order valence-electron chi connectivity index (χ4n) is 2.45. The first kappa shape index (κ1) is 23.9. The Balaban J connectivity index is 2.90. The van der Waals surface area contributed by atoms with Gasteiger partial charge in [-0.3, -0.25) is 14.4 Å². The first-order chi connectivity index (χ1) is 13.5. The van der Waals surface area contributed by atoms with Crippen LogP contribution >= 0.6 is 0 Å². The molecule has 0 aliphatic carbocycles. The number of hydrogen-bond donors (Lipinski definition) is 6. The molecule has 0 saturated heterocycles. The molecule has 1 aromatic carbocycles. The number of carbonyl (C=O) groups is 4. The van der Waals surface area contributed by atoms with E-state index in [0.717, 1.165) is 0 Å². The highest BCUT2D eigenvalue weighted by Crippen LogP contribution is 2.12. The zero-order valence-electron chi connectivity index (χ0n) is 16.3. The monoisotopic (exact) mass is 409 g/mol. The van der Waals surface area contributed by atoms with Gasteiger partial charge in [0, 0.05) is 12.8 Å². The Morgan fingerprint density at radius 3 is 2.00 bits per heavy atom. The minimum absolute atomic E-state index is 0.0163. The Labute approximate surface area is 168 Å². The molecule has 0 unspecified atom stereocenters. The third kappa shape index (κ3) is 8.18. The minimum Gasteiger partial charge on any atom is -0.508 e. The maximum Gasteiger partial charge on any atom is 0.326 e. The van der Waals surface area contributed by atoms with Crippen LogP contribution in [0.25, 0.3) is 0 Å². The molecule has 7 N–H and O–H groups in total. The predicted molar refractivity (Wildman–Crippen MR) is 103 cm³/mol. The van der Waals surface area contributed by atoms with E-state index < -0.39 is 48.3 Å². The molecule has 160 valence electrons. The lowest BCUT2D eigenvalue weighted by molar-refractivity contribution is -0.143. The Morgan fingerprint density at radius 2 is 1.52 bits per heavy atom. The summed E-state index contributed by atoms with van der Waals surface area (Å²) in [6, 6.07) is 2.35. The zero-order chi connectivity index (χ0) is 22.1. The molecular formula is C19H27N3O7. The van der Waals surface area contributed by atoms with Crippen molar-refractivity contribution in [1.82, 2.24) is 10.6 Å². The summed E-state index contributed by atoms with van der Waals surface area (Å²) in [5, 5.41) is 32.3. The number of amides is 2. The first-order valence-corrected chi connectivity index (χ1v) is 9.10. The third-order valence-corrected chi connectivity index (χ3v) is 4.29. The fourth-order valence-corrected chi connectivity index (χ4v) is 2.45. The Hall–Kier alpha value is -3.14. The van der Waals surface area contributed by atoms with E-state index in [0.29, 0.717) is 5.56 Å². The molecule has 0 aliphatic rings. The summed E-state index contributed by atoms with van der Waals surface area (Å²) in [6.07, 6.45) is -0.680. The van der Waals surface area contributed by atoms with Gasteiger partial charge in [-0.15, -0.1) is 0 Å². The molecule has 3 atom stereocenters. The molecule has 0 fully saturated rings. The number of benzene rings is 1. The molecule has 29 heavy (non-hydrogen) atoms.